The minimum absolute atomic E-state index is 0.111. The Morgan fingerprint density at radius 3 is 0.656 bits per heavy atom. The smallest absolute Gasteiger partial charge is 0.164 e. The van der Waals surface area contributed by atoms with E-state index in [4.69, 9.17) is 0 Å². The lowest BCUT2D eigenvalue weighted by Crippen LogP contribution is -2.24. The summed E-state index contributed by atoms with van der Waals surface area (Å²) in [5.41, 5.74) is 0.860. The third-order valence-corrected chi connectivity index (χ3v) is 12.8. The molecule has 0 saturated carbocycles. The zero-order chi connectivity index (χ0) is 44.8. The fourth-order valence-electron chi connectivity index (χ4n) is 8.84. The molecular weight excluding hydrogens is 753 g/mol. The van der Waals surface area contributed by atoms with Crippen molar-refractivity contribution in [1.29, 1.82) is 0 Å². The first-order valence-corrected chi connectivity index (χ1v) is 26.7. The van der Waals surface area contributed by atoms with E-state index in [0.717, 1.165) is 96.3 Å². The number of benzene rings is 1. The molecule has 1 aromatic rings. The Hall–Kier alpha value is -2.43. The van der Waals surface area contributed by atoms with Crippen LogP contribution >= 0.6 is 0 Å². The zero-order valence-corrected chi connectivity index (χ0v) is 40.9. The molecule has 0 aliphatic rings. The second-order valence-electron chi connectivity index (χ2n) is 18.6. The number of ketones is 5. The first-order chi connectivity index (χ1) is 29.8. The van der Waals surface area contributed by atoms with Gasteiger partial charge in [0.2, 0.25) is 0 Å². The molecule has 0 aromatic heterocycles. The van der Waals surface area contributed by atoms with Gasteiger partial charge in [0.05, 0.1) is 0 Å². The maximum atomic E-state index is 14.8. The maximum absolute atomic E-state index is 14.8. The fraction of sp³-hybridized carbons (Fsp3) is 0.804. The summed E-state index contributed by atoms with van der Waals surface area (Å²) in [6, 6.07) is 1.62. The van der Waals surface area contributed by atoms with Crippen molar-refractivity contribution in [2.45, 2.75) is 291 Å². The van der Waals surface area contributed by atoms with Crippen LogP contribution in [0, 0.1) is 0 Å². The average molecular weight is 849 g/mol. The van der Waals surface area contributed by atoms with E-state index < -0.39 is 0 Å². The fourth-order valence-corrected chi connectivity index (χ4v) is 8.84. The molecule has 0 radical (unpaired) electrons. The van der Waals surface area contributed by atoms with Crippen molar-refractivity contribution in [3.05, 3.63) is 33.9 Å². The first-order valence-electron chi connectivity index (χ1n) is 26.7. The lowest BCUT2D eigenvalue weighted by Gasteiger charge is -2.21. The van der Waals surface area contributed by atoms with Crippen molar-refractivity contribution in [2.75, 3.05) is 0 Å². The summed E-state index contributed by atoms with van der Waals surface area (Å²) >= 11 is 0. The third kappa shape index (κ3) is 26.1. The second kappa shape index (κ2) is 39.2. The van der Waals surface area contributed by atoms with Crippen LogP contribution in [0.15, 0.2) is 6.07 Å². The minimum atomic E-state index is -0.241. The van der Waals surface area contributed by atoms with E-state index in [9.17, 15) is 24.0 Å². The van der Waals surface area contributed by atoms with Crippen LogP contribution in [0.5, 0.6) is 0 Å². The standard InChI is InChI=1S/C56H96O5/c1-6-11-16-21-26-31-36-41-49(57)47-46-48(50(58)42-37-32-27-22-17-12-7-2)55(52(60)44-39-34-29-24-19-14-9-4)56(53(61)45-40-35-30-25-20-15-10-5)54(47)51(59)43-38-33-28-23-18-13-8-3/h46H,6-45H2,1-5H3. The van der Waals surface area contributed by atoms with E-state index in [1.807, 2.05) is 0 Å². The molecule has 61 heavy (non-hydrogen) atoms. The summed E-state index contributed by atoms with van der Waals surface area (Å²) in [6.07, 6.45) is 38.2. The van der Waals surface area contributed by atoms with E-state index in [1.165, 1.54) is 96.3 Å². The normalized spacial score (nSPS) is 11.4. The van der Waals surface area contributed by atoms with E-state index in [-0.39, 0.29) is 88.8 Å². The van der Waals surface area contributed by atoms with Gasteiger partial charge in [-0.25, -0.2) is 0 Å². The molecular formula is C56H96O5. The average Bonchev–Trinajstić information content (AvgIpc) is 3.26. The highest BCUT2D eigenvalue weighted by atomic mass is 16.1. The Labute approximate surface area is 376 Å². The predicted molar refractivity (Wildman–Crippen MR) is 261 cm³/mol. The second-order valence-corrected chi connectivity index (χ2v) is 18.6. The SMILES string of the molecule is CCCCCCCCCC(=O)c1cc(C(=O)CCCCCCCCC)c(C(=O)CCCCCCCCC)c(C(=O)CCCCCCCCC)c1C(=O)CCCCCCCCC. The number of Topliss-reactive ketones (excluding diaryl/α,β-unsaturated/α-hetero) is 5. The lowest BCUT2D eigenvalue weighted by molar-refractivity contribution is 0.0915. The molecule has 1 rings (SSSR count). The first kappa shape index (κ1) is 56.6. The van der Waals surface area contributed by atoms with Gasteiger partial charge in [0.15, 0.2) is 28.9 Å². The van der Waals surface area contributed by atoms with Gasteiger partial charge in [-0.2, -0.15) is 0 Å². The van der Waals surface area contributed by atoms with Crippen LogP contribution in [-0.4, -0.2) is 28.9 Å². The summed E-state index contributed by atoms with van der Waals surface area (Å²) in [5, 5.41) is 0. The van der Waals surface area contributed by atoms with Gasteiger partial charge >= 0.3 is 0 Å². The quantitative estimate of drug-likeness (QED) is 0.0482. The van der Waals surface area contributed by atoms with Crippen LogP contribution in [0.4, 0.5) is 0 Å². The molecule has 0 heterocycles. The molecule has 0 spiro atoms. The number of carbonyl (C=O) groups is 5. The van der Waals surface area contributed by atoms with Crippen LogP contribution < -0.4 is 0 Å². The molecule has 5 heteroatoms. The van der Waals surface area contributed by atoms with Crippen LogP contribution in [0.3, 0.4) is 0 Å². The van der Waals surface area contributed by atoms with Crippen LogP contribution in [-0.2, 0) is 0 Å². The van der Waals surface area contributed by atoms with Gasteiger partial charge in [-0.15, -0.1) is 0 Å². The maximum Gasteiger partial charge on any atom is 0.164 e. The van der Waals surface area contributed by atoms with Gasteiger partial charge in [0, 0.05) is 59.9 Å². The summed E-state index contributed by atoms with van der Waals surface area (Å²) in [7, 11) is 0. The van der Waals surface area contributed by atoms with Crippen molar-refractivity contribution in [3.63, 3.8) is 0 Å². The van der Waals surface area contributed by atoms with E-state index in [1.54, 1.807) is 6.07 Å². The molecule has 0 atom stereocenters. The topological polar surface area (TPSA) is 85.3 Å². The largest absolute Gasteiger partial charge is 0.294 e. The molecule has 0 aliphatic carbocycles. The summed E-state index contributed by atoms with van der Waals surface area (Å²) < 4.78 is 0. The van der Waals surface area contributed by atoms with Crippen molar-refractivity contribution < 1.29 is 24.0 Å². The highest BCUT2D eigenvalue weighted by molar-refractivity contribution is 6.23. The number of rotatable bonds is 45. The number of carbonyl (C=O) groups excluding carboxylic acids is 5. The lowest BCUT2D eigenvalue weighted by atomic mass is 9.79. The van der Waals surface area contributed by atoms with Gasteiger partial charge in [-0.05, 0) is 38.2 Å². The Kier molecular flexibility index (Phi) is 36.3. The van der Waals surface area contributed by atoms with Crippen LogP contribution in [0.2, 0.25) is 0 Å². The molecule has 0 aliphatic heterocycles. The number of hydrogen-bond donors (Lipinski definition) is 0. The van der Waals surface area contributed by atoms with E-state index in [0.29, 0.717) is 32.1 Å². The molecule has 0 fully saturated rings. The highest BCUT2D eigenvalue weighted by Gasteiger charge is 2.33. The Balaban J connectivity index is 3.77. The summed E-state index contributed by atoms with van der Waals surface area (Å²) in [6.45, 7) is 11.0. The molecule has 0 amide bonds. The van der Waals surface area contributed by atoms with Gasteiger partial charge in [-0.1, -0.05) is 227 Å². The van der Waals surface area contributed by atoms with Crippen molar-refractivity contribution in [1.82, 2.24) is 0 Å². The van der Waals surface area contributed by atoms with Gasteiger partial charge in [-0.3, -0.25) is 24.0 Å². The molecule has 5 nitrogen and oxygen atoms in total. The van der Waals surface area contributed by atoms with Crippen molar-refractivity contribution in [2.24, 2.45) is 0 Å². The predicted octanol–water partition coefficient (Wildman–Crippen LogP) is 18.3. The van der Waals surface area contributed by atoms with Crippen molar-refractivity contribution in [3.8, 4) is 0 Å². The van der Waals surface area contributed by atoms with Gasteiger partial charge < -0.3 is 0 Å². The highest BCUT2D eigenvalue weighted by Crippen LogP contribution is 2.32. The molecule has 1 aromatic carbocycles. The van der Waals surface area contributed by atoms with E-state index >= 15 is 0 Å². The van der Waals surface area contributed by atoms with Gasteiger partial charge in [0.1, 0.15) is 0 Å². The summed E-state index contributed by atoms with van der Waals surface area (Å²) in [5.74, 6) is -1.00. The molecule has 0 saturated heterocycles. The van der Waals surface area contributed by atoms with Gasteiger partial charge in [0.25, 0.3) is 0 Å². The third-order valence-electron chi connectivity index (χ3n) is 12.8. The van der Waals surface area contributed by atoms with Crippen molar-refractivity contribution >= 4 is 28.9 Å². The molecule has 0 unspecified atom stereocenters. The summed E-state index contributed by atoms with van der Waals surface area (Å²) in [4.78, 5) is 73.0. The number of unbranched alkanes of at least 4 members (excludes halogenated alkanes) is 30. The minimum Gasteiger partial charge on any atom is -0.294 e. The Morgan fingerprint density at radius 2 is 0.426 bits per heavy atom. The zero-order valence-electron chi connectivity index (χ0n) is 40.9. The molecule has 350 valence electrons. The Bertz CT molecular complexity index is 1240. The number of hydrogen-bond acceptors (Lipinski definition) is 5. The molecule has 0 bridgehead atoms. The van der Waals surface area contributed by atoms with Crippen LogP contribution in [0.25, 0.3) is 0 Å². The molecule has 0 N–H and O–H groups in total. The van der Waals surface area contributed by atoms with E-state index in [2.05, 4.69) is 34.6 Å². The monoisotopic (exact) mass is 849 g/mol. The van der Waals surface area contributed by atoms with Crippen LogP contribution in [0.1, 0.15) is 343 Å². The Morgan fingerprint density at radius 1 is 0.246 bits per heavy atom.